The largest absolute Gasteiger partial charge is 0.494 e. The van der Waals surface area contributed by atoms with Crippen LogP contribution in [0.4, 0.5) is 11.4 Å². The number of carbonyl (C=O) groups excluding carboxylic acids is 1. The van der Waals surface area contributed by atoms with E-state index in [4.69, 9.17) is 4.74 Å². The number of piperidine rings is 1. The minimum atomic E-state index is -0.493. The van der Waals surface area contributed by atoms with Crippen molar-refractivity contribution in [3.8, 4) is 5.75 Å². The van der Waals surface area contributed by atoms with Gasteiger partial charge in [0.05, 0.1) is 36.9 Å². The Balaban J connectivity index is 2.00. The molecular formula is C15H22N3O4+. The number of nitro benzene ring substituents is 1. The molecule has 1 aliphatic rings. The summed E-state index contributed by atoms with van der Waals surface area (Å²) < 4.78 is 5.12. The highest BCUT2D eigenvalue weighted by Gasteiger charge is 2.22. The fourth-order valence-electron chi connectivity index (χ4n) is 2.88. The van der Waals surface area contributed by atoms with Crippen LogP contribution in [0.1, 0.15) is 19.8 Å². The van der Waals surface area contributed by atoms with E-state index in [1.807, 2.05) is 0 Å². The van der Waals surface area contributed by atoms with Crippen molar-refractivity contribution in [1.82, 2.24) is 0 Å². The fourth-order valence-corrected chi connectivity index (χ4v) is 2.88. The summed E-state index contributed by atoms with van der Waals surface area (Å²) in [6.07, 6.45) is 2.37. The first-order valence-electron chi connectivity index (χ1n) is 7.45. The van der Waals surface area contributed by atoms with Gasteiger partial charge in [-0.3, -0.25) is 14.9 Å². The van der Waals surface area contributed by atoms with Crippen LogP contribution < -0.4 is 15.0 Å². The molecular weight excluding hydrogens is 286 g/mol. The number of hydrogen-bond acceptors (Lipinski definition) is 4. The van der Waals surface area contributed by atoms with E-state index in [2.05, 4.69) is 12.2 Å². The monoisotopic (exact) mass is 308 g/mol. The molecule has 0 radical (unpaired) electrons. The molecule has 22 heavy (non-hydrogen) atoms. The van der Waals surface area contributed by atoms with Gasteiger partial charge in [-0.25, -0.2) is 0 Å². The second-order valence-electron chi connectivity index (χ2n) is 5.82. The van der Waals surface area contributed by atoms with Crippen LogP contribution in [0.25, 0.3) is 0 Å². The summed E-state index contributed by atoms with van der Waals surface area (Å²) in [6, 6.07) is 4.17. The number of anilines is 1. The van der Waals surface area contributed by atoms with E-state index in [9.17, 15) is 14.9 Å². The van der Waals surface area contributed by atoms with Crippen molar-refractivity contribution in [3.63, 3.8) is 0 Å². The van der Waals surface area contributed by atoms with Crippen LogP contribution in [0, 0.1) is 16.0 Å². The Hall–Kier alpha value is -2.15. The number of nitrogens with zero attached hydrogens (tertiary/aromatic N) is 1. The predicted molar refractivity (Wildman–Crippen MR) is 82.2 cm³/mol. The van der Waals surface area contributed by atoms with Gasteiger partial charge in [-0.2, -0.15) is 0 Å². The molecule has 0 aliphatic carbocycles. The molecule has 2 rings (SSSR count). The lowest BCUT2D eigenvalue weighted by atomic mass is 10.0. The van der Waals surface area contributed by atoms with Crippen LogP contribution in [0.15, 0.2) is 18.2 Å². The van der Waals surface area contributed by atoms with Crippen LogP contribution in [-0.2, 0) is 4.79 Å². The average Bonchev–Trinajstić information content (AvgIpc) is 2.47. The highest BCUT2D eigenvalue weighted by Crippen LogP contribution is 2.28. The van der Waals surface area contributed by atoms with Gasteiger partial charge in [-0.05, 0) is 18.9 Å². The number of carbonyl (C=O) groups is 1. The van der Waals surface area contributed by atoms with Gasteiger partial charge in [0, 0.05) is 12.0 Å². The van der Waals surface area contributed by atoms with Gasteiger partial charge in [0.25, 0.3) is 11.6 Å². The Morgan fingerprint density at radius 3 is 2.95 bits per heavy atom. The molecule has 1 aromatic carbocycles. The number of non-ortho nitro benzene ring substituents is 1. The number of nitrogens with one attached hydrogen (secondary N) is 2. The standard InChI is InChI=1S/C15H21N3O4/c1-11-4-3-7-17(9-11)10-15(19)16-13-6-5-12(18(20)21)8-14(13)22-2/h5-6,8,11H,3-4,7,9-10H2,1-2H3,(H,16,19)/p+1/t11-/m0/s1. The Labute approximate surface area is 129 Å². The van der Waals surface area contributed by atoms with E-state index >= 15 is 0 Å². The molecule has 2 N–H and O–H groups in total. The van der Waals surface area contributed by atoms with Crippen LogP contribution in [0.2, 0.25) is 0 Å². The number of methoxy groups -OCH3 is 1. The number of nitro groups is 1. The molecule has 0 aromatic heterocycles. The maximum absolute atomic E-state index is 12.2. The van der Waals surface area contributed by atoms with Crippen LogP contribution in [0.5, 0.6) is 5.75 Å². The Bertz CT molecular complexity index is 562. The number of rotatable bonds is 5. The molecule has 7 nitrogen and oxygen atoms in total. The maximum Gasteiger partial charge on any atom is 0.279 e. The van der Waals surface area contributed by atoms with Crippen molar-refractivity contribution in [2.75, 3.05) is 32.1 Å². The van der Waals surface area contributed by atoms with Gasteiger partial charge in [0.1, 0.15) is 5.75 Å². The topological polar surface area (TPSA) is 85.9 Å². The van der Waals surface area contributed by atoms with Crippen LogP contribution in [-0.4, -0.2) is 37.6 Å². The molecule has 0 spiro atoms. The van der Waals surface area contributed by atoms with Crippen LogP contribution >= 0.6 is 0 Å². The van der Waals surface area contributed by atoms with E-state index in [0.29, 0.717) is 23.9 Å². The zero-order chi connectivity index (χ0) is 16.1. The first-order valence-corrected chi connectivity index (χ1v) is 7.45. The molecule has 120 valence electrons. The molecule has 1 unspecified atom stereocenters. The fraction of sp³-hybridized carbons (Fsp3) is 0.533. The normalized spacial score (nSPS) is 21.2. The molecule has 1 fully saturated rings. The summed E-state index contributed by atoms with van der Waals surface area (Å²) in [5, 5.41) is 13.5. The highest BCUT2D eigenvalue weighted by molar-refractivity contribution is 5.93. The molecule has 1 amide bonds. The van der Waals surface area contributed by atoms with E-state index in [0.717, 1.165) is 19.5 Å². The lowest BCUT2D eigenvalue weighted by Gasteiger charge is -2.27. The molecule has 2 atom stereocenters. The summed E-state index contributed by atoms with van der Waals surface area (Å²) in [6.45, 7) is 4.63. The number of hydrogen-bond donors (Lipinski definition) is 2. The van der Waals surface area contributed by atoms with Crippen molar-refractivity contribution >= 4 is 17.3 Å². The summed E-state index contributed by atoms with van der Waals surface area (Å²) in [4.78, 5) is 23.7. The third kappa shape index (κ3) is 4.17. The van der Waals surface area contributed by atoms with Gasteiger partial charge >= 0.3 is 0 Å². The quantitative estimate of drug-likeness (QED) is 0.624. The van der Waals surface area contributed by atoms with E-state index in [1.54, 1.807) is 0 Å². The maximum atomic E-state index is 12.2. The smallest absolute Gasteiger partial charge is 0.279 e. The number of benzene rings is 1. The first kappa shape index (κ1) is 16.2. The highest BCUT2D eigenvalue weighted by atomic mass is 16.6. The second kappa shape index (κ2) is 7.22. The zero-order valence-electron chi connectivity index (χ0n) is 12.9. The minimum absolute atomic E-state index is 0.0645. The minimum Gasteiger partial charge on any atom is -0.494 e. The lowest BCUT2D eigenvalue weighted by Crippen LogP contribution is -3.14. The number of likely N-dealkylation sites (tertiary alicyclic amines) is 1. The number of quaternary nitrogens is 1. The van der Waals surface area contributed by atoms with E-state index in [-0.39, 0.29) is 11.6 Å². The zero-order valence-corrected chi connectivity index (χ0v) is 12.9. The third-order valence-corrected chi connectivity index (χ3v) is 3.94. The van der Waals surface area contributed by atoms with Crippen molar-refractivity contribution in [3.05, 3.63) is 28.3 Å². The predicted octanol–water partition coefficient (Wildman–Crippen LogP) is 0.857. The average molecular weight is 308 g/mol. The molecule has 1 saturated heterocycles. The summed E-state index contributed by atoms with van der Waals surface area (Å²) in [5.41, 5.74) is 0.396. The van der Waals surface area contributed by atoms with Gasteiger partial charge in [-0.1, -0.05) is 6.92 Å². The second-order valence-corrected chi connectivity index (χ2v) is 5.82. The first-order chi connectivity index (χ1) is 10.5. The lowest BCUT2D eigenvalue weighted by molar-refractivity contribution is -0.900. The molecule has 1 aromatic rings. The molecule has 0 bridgehead atoms. The molecule has 1 heterocycles. The van der Waals surface area contributed by atoms with Gasteiger partial charge < -0.3 is 15.0 Å². The van der Waals surface area contributed by atoms with Gasteiger partial charge in [0.15, 0.2) is 6.54 Å². The van der Waals surface area contributed by atoms with Crippen molar-refractivity contribution in [2.24, 2.45) is 5.92 Å². The van der Waals surface area contributed by atoms with Crippen molar-refractivity contribution in [2.45, 2.75) is 19.8 Å². The Morgan fingerprint density at radius 1 is 1.55 bits per heavy atom. The number of ether oxygens (including phenoxy) is 1. The van der Waals surface area contributed by atoms with E-state index in [1.165, 1.54) is 36.6 Å². The van der Waals surface area contributed by atoms with E-state index < -0.39 is 4.92 Å². The molecule has 0 saturated carbocycles. The van der Waals surface area contributed by atoms with Gasteiger partial charge in [0.2, 0.25) is 0 Å². The third-order valence-electron chi connectivity index (χ3n) is 3.94. The van der Waals surface area contributed by atoms with Gasteiger partial charge in [-0.15, -0.1) is 0 Å². The van der Waals surface area contributed by atoms with Crippen LogP contribution in [0.3, 0.4) is 0 Å². The Morgan fingerprint density at radius 2 is 2.32 bits per heavy atom. The Kier molecular flexibility index (Phi) is 5.32. The number of amides is 1. The SMILES string of the molecule is COc1cc([N+](=O)[O-])ccc1NC(=O)C[NH+]1CCC[C@H](C)C1. The van der Waals surface area contributed by atoms with Crippen molar-refractivity contribution < 1.29 is 19.4 Å². The van der Waals surface area contributed by atoms with Crippen molar-refractivity contribution in [1.29, 1.82) is 0 Å². The summed E-state index contributed by atoms with van der Waals surface area (Å²) in [5.74, 6) is 0.839. The summed E-state index contributed by atoms with van der Waals surface area (Å²) >= 11 is 0. The molecule has 7 heteroatoms. The summed E-state index contributed by atoms with van der Waals surface area (Å²) in [7, 11) is 1.42. The molecule has 1 aliphatic heterocycles.